The normalized spacial score (nSPS) is 15.9. The van der Waals surface area contributed by atoms with Gasteiger partial charge in [-0.3, -0.25) is 0 Å². The molecule has 0 amide bonds. The van der Waals surface area contributed by atoms with Crippen LogP contribution in [0.3, 0.4) is 0 Å². The Morgan fingerprint density at radius 1 is 1.32 bits per heavy atom. The number of likely N-dealkylation sites (tertiary alicyclic amines) is 1. The Morgan fingerprint density at radius 2 is 2.11 bits per heavy atom. The third-order valence-corrected chi connectivity index (χ3v) is 3.69. The first-order valence-electron chi connectivity index (χ1n) is 7.39. The molecule has 0 atom stereocenters. The lowest BCUT2D eigenvalue weighted by molar-refractivity contribution is 0.346. The van der Waals surface area contributed by atoms with Gasteiger partial charge in [0.15, 0.2) is 0 Å². The number of rotatable bonds is 7. The molecule has 1 N–H and O–H groups in total. The average Bonchev–Trinajstić information content (AvgIpc) is 2.96. The number of nitrogens with one attached hydrogen (secondary N) is 1. The van der Waals surface area contributed by atoms with E-state index < -0.39 is 0 Å². The van der Waals surface area contributed by atoms with Crippen molar-refractivity contribution in [1.82, 2.24) is 15.2 Å². The van der Waals surface area contributed by atoms with E-state index in [4.69, 9.17) is 4.98 Å². The Hall–Kier alpha value is -1.13. The van der Waals surface area contributed by atoms with E-state index in [9.17, 15) is 0 Å². The number of nitrogens with zero attached hydrogens (tertiary/aromatic N) is 3. The van der Waals surface area contributed by atoms with Gasteiger partial charge in [0.2, 0.25) is 0 Å². The number of hydrogen-bond acceptors (Lipinski definition) is 4. The lowest BCUT2D eigenvalue weighted by atomic mass is 10.3. The van der Waals surface area contributed by atoms with Crippen molar-refractivity contribution in [2.45, 2.75) is 26.3 Å². The van der Waals surface area contributed by atoms with Gasteiger partial charge < -0.3 is 15.1 Å². The summed E-state index contributed by atoms with van der Waals surface area (Å²) in [5, 5.41) is 3.32. The minimum Gasteiger partial charge on any atom is -0.358 e. The van der Waals surface area contributed by atoms with Gasteiger partial charge in [0.1, 0.15) is 5.82 Å². The molecule has 19 heavy (non-hydrogen) atoms. The predicted molar refractivity (Wildman–Crippen MR) is 80.6 cm³/mol. The van der Waals surface area contributed by atoms with E-state index in [1.54, 1.807) is 0 Å². The highest BCUT2D eigenvalue weighted by atomic mass is 15.2. The molecule has 1 aliphatic heterocycles. The Kier molecular flexibility index (Phi) is 5.61. The van der Waals surface area contributed by atoms with Crippen LogP contribution in [0.25, 0.3) is 0 Å². The fourth-order valence-corrected chi connectivity index (χ4v) is 2.44. The minimum atomic E-state index is 0.851. The van der Waals surface area contributed by atoms with Crippen molar-refractivity contribution in [1.29, 1.82) is 0 Å². The fraction of sp³-hybridized carbons (Fsp3) is 0.667. The highest BCUT2D eigenvalue weighted by molar-refractivity contribution is 5.38. The van der Waals surface area contributed by atoms with E-state index in [0.29, 0.717) is 0 Å². The first kappa shape index (κ1) is 14.3. The second-order valence-electron chi connectivity index (χ2n) is 5.24. The molecule has 0 radical (unpaired) electrons. The van der Waals surface area contributed by atoms with Crippen molar-refractivity contribution in [3.8, 4) is 0 Å². The summed E-state index contributed by atoms with van der Waals surface area (Å²) in [6.07, 6.45) is 2.72. The highest BCUT2D eigenvalue weighted by Gasteiger charge is 2.12. The molecular weight excluding hydrogens is 236 g/mol. The van der Waals surface area contributed by atoms with Crippen LogP contribution in [0.5, 0.6) is 0 Å². The molecule has 2 heterocycles. The number of hydrogen-bond donors (Lipinski definition) is 1. The van der Waals surface area contributed by atoms with Gasteiger partial charge >= 0.3 is 0 Å². The molecule has 0 saturated carbocycles. The lowest BCUT2D eigenvalue weighted by Crippen LogP contribution is -2.31. The molecule has 1 fully saturated rings. The molecule has 0 unspecified atom stereocenters. The highest BCUT2D eigenvalue weighted by Crippen LogP contribution is 2.11. The summed E-state index contributed by atoms with van der Waals surface area (Å²) >= 11 is 0. The summed E-state index contributed by atoms with van der Waals surface area (Å²) < 4.78 is 0. The van der Waals surface area contributed by atoms with E-state index in [0.717, 1.165) is 37.7 Å². The molecule has 1 aromatic rings. The monoisotopic (exact) mass is 262 g/mol. The van der Waals surface area contributed by atoms with Crippen LogP contribution in [-0.4, -0.2) is 49.7 Å². The van der Waals surface area contributed by atoms with Gasteiger partial charge in [-0.1, -0.05) is 13.0 Å². The van der Waals surface area contributed by atoms with E-state index in [2.05, 4.69) is 47.3 Å². The first-order chi connectivity index (χ1) is 9.29. The van der Waals surface area contributed by atoms with Gasteiger partial charge in [0.05, 0.1) is 5.69 Å². The van der Waals surface area contributed by atoms with Crippen LogP contribution in [0, 0.1) is 0 Å². The van der Waals surface area contributed by atoms with E-state index in [-0.39, 0.29) is 0 Å². The van der Waals surface area contributed by atoms with Gasteiger partial charge in [-0.25, -0.2) is 4.98 Å². The SMILES string of the molecule is CCNCc1cccc(N(C)CCN2CCCC2)n1. The first-order valence-corrected chi connectivity index (χ1v) is 7.39. The van der Waals surface area contributed by atoms with Crippen LogP contribution < -0.4 is 10.2 Å². The number of anilines is 1. The molecule has 4 nitrogen and oxygen atoms in total. The number of likely N-dealkylation sites (N-methyl/N-ethyl adjacent to an activating group) is 1. The molecule has 1 saturated heterocycles. The molecule has 1 aromatic heterocycles. The van der Waals surface area contributed by atoms with E-state index in [1.807, 2.05) is 0 Å². The van der Waals surface area contributed by atoms with Crippen molar-refractivity contribution >= 4 is 5.82 Å². The summed E-state index contributed by atoms with van der Waals surface area (Å²) in [6.45, 7) is 8.68. The standard InChI is InChI=1S/C15H26N4/c1-3-16-13-14-7-6-8-15(17-14)18(2)11-12-19-9-4-5-10-19/h6-8,16H,3-5,9-13H2,1-2H3. The maximum atomic E-state index is 4.70. The predicted octanol–water partition coefficient (Wildman–Crippen LogP) is 1.72. The Morgan fingerprint density at radius 3 is 2.84 bits per heavy atom. The maximum Gasteiger partial charge on any atom is 0.128 e. The smallest absolute Gasteiger partial charge is 0.128 e. The van der Waals surface area contributed by atoms with Gasteiger partial charge in [0.25, 0.3) is 0 Å². The van der Waals surface area contributed by atoms with Gasteiger partial charge in [-0.2, -0.15) is 0 Å². The fourth-order valence-electron chi connectivity index (χ4n) is 2.44. The zero-order valence-electron chi connectivity index (χ0n) is 12.2. The molecule has 4 heteroatoms. The minimum absolute atomic E-state index is 0.851. The van der Waals surface area contributed by atoms with Crippen LogP contribution in [-0.2, 0) is 6.54 Å². The summed E-state index contributed by atoms with van der Waals surface area (Å²) in [5.74, 6) is 1.08. The van der Waals surface area contributed by atoms with Crippen LogP contribution in [0.2, 0.25) is 0 Å². The maximum absolute atomic E-state index is 4.70. The largest absolute Gasteiger partial charge is 0.358 e. The zero-order chi connectivity index (χ0) is 13.5. The second kappa shape index (κ2) is 7.46. The molecule has 106 valence electrons. The molecule has 2 rings (SSSR count). The Bertz CT molecular complexity index is 374. The molecular formula is C15H26N4. The van der Waals surface area contributed by atoms with Crippen LogP contribution in [0.4, 0.5) is 5.82 Å². The van der Waals surface area contributed by atoms with E-state index in [1.165, 1.54) is 25.9 Å². The van der Waals surface area contributed by atoms with Crippen LogP contribution in [0.1, 0.15) is 25.5 Å². The second-order valence-corrected chi connectivity index (χ2v) is 5.24. The van der Waals surface area contributed by atoms with Crippen molar-refractivity contribution in [3.05, 3.63) is 23.9 Å². The lowest BCUT2D eigenvalue weighted by Gasteiger charge is -2.22. The van der Waals surface area contributed by atoms with Crippen molar-refractivity contribution < 1.29 is 0 Å². The molecule has 0 bridgehead atoms. The van der Waals surface area contributed by atoms with Gasteiger partial charge in [0, 0.05) is 26.7 Å². The molecule has 1 aliphatic rings. The molecule has 0 spiro atoms. The number of aromatic nitrogens is 1. The van der Waals surface area contributed by atoms with E-state index >= 15 is 0 Å². The average molecular weight is 262 g/mol. The topological polar surface area (TPSA) is 31.4 Å². The third-order valence-electron chi connectivity index (χ3n) is 3.69. The third kappa shape index (κ3) is 4.48. The van der Waals surface area contributed by atoms with Crippen LogP contribution >= 0.6 is 0 Å². The Balaban J connectivity index is 1.84. The van der Waals surface area contributed by atoms with Crippen LogP contribution in [0.15, 0.2) is 18.2 Å². The Labute approximate surface area is 116 Å². The summed E-state index contributed by atoms with van der Waals surface area (Å²) in [4.78, 5) is 9.50. The summed E-state index contributed by atoms with van der Waals surface area (Å²) in [5.41, 5.74) is 1.12. The molecule has 0 aliphatic carbocycles. The molecule has 0 aromatic carbocycles. The van der Waals surface area contributed by atoms with Gasteiger partial charge in [-0.15, -0.1) is 0 Å². The summed E-state index contributed by atoms with van der Waals surface area (Å²) in [6, 6.07) is 6.28. The zero-order valence-corrected chi connectivity index (χ0v) is 12.2. The summed E-state index contributed by atoms with van der Waals surface area (Å²) in [7, 11) is 2.13. The van der Waals surface area contributed by atoms with Gasteiger partial charge in [-0.05, 0) is 44.6 Å². The quantitative estimate of drug-likeness (QED) is 0.811. The van der Waals surface area contributed by atoms with Crippen molar-refractivity contribution in [2.75, 3.05) is 44.7 Å². The van der Waals surface area contributed by atoms with Crippen molar-refractivity contribution in [3.63, 3.8) is 0 Å². The van der Waals surface area contributed by atoms with Crippen molar-refractivity contribution in [2.24, 2.45) is 0 Å². The number of pyridine rings is 1.